The molecule has 0 aromatic heterocycles. The fourth-order valence-corrected chi connectivity index (χ4v) is 12.6. The van der Waals surface area contributed by atoms with E-state index in [1.807, 2.05) is 119 Å². The first-order valence-corrected chi connectivity index (χ1v) is 38.1. The monoisotopic (exact) mass is 2270 g/mol. The number of nitrogens with zero attached hydrogens (tertiary/aromatic N) is 6. The largest absolute Gasteiger partial charge is 1.00 e. The van der Waals surface area contributed by atoms with Gasteiger partial charge in [-0.2, -0.15) is 0 Å². The van der Waals surface area contributed by atoms with Crippen molar-refractivity contribution in [3.8, 4) is 64.4 Å². The molecule has 0 aliphatic carbocycles. The number of rotatable bonds is 21. The first-order valence-electron chi connectivity index (χ1n) is 32.7. The van der Waals surface area contributed by atoms with Crippen molar-refractivity contribution in [3.63, 3.8) is 0 Å². The van der Waals surface area contributed by atoms with Crippen LogP contribution in [0.5, 0.6) is 51.7 Å². The third kappa shape index (κ3) is 33.9. The fourth-order valence-electron chi connectivity index (χ4n) is 11.4. The average molecular weight is 2270 g/mol. The van der Waals surface area contributed by atoms with E-state index in [-0.39, 0.29) is 206 Å². The van der Waals surface area contributed by atoms with Gasteiger partial charge in [0.2, 0.25) is 0 Å². The Hall–Kier alpha value is -5.71. The van der Waals surface area contributed by atoms with Crippen molar-refractivity contribution in [1.29, 1.82) is 0 Å². The summed E-state index contributed by atoms with van der Waals surface area (Å²) in [4.78, 5) is 32.6. The Kier molecular flexibility index (Phi) is 47.8. The molecule has 9 rings (SSSR count). The van der Waals surface area contributed by atoms with Crippen LogP contribution < -0.4 is 71.9 Å². The number of aryl methyl sites for hydroxylation is 3. The van der Waals surface area contributed by atoms with Crippen molar-refractivity contribution in [1.82, 2.24) is 0 Å². The molecule has 0 saturated carbocycles. The predicted molar refractivity (Wildman–Crippen MR) is 411 cm³/mol. The summed E-state index contributed by atoms with van der Waals surface area (Å²) in [6, 6.07) is 45.2. The molecule has 0 bridgehead atoms. The minimum atomic E-state index is -0.605. The van der Waals surface area contributed by atoms with Gasteiger partial charge in [0.05, 0.1) is 52.6 Å². The van der Waals surface area contributed by atoms with Gasteiger partial charge in [0.15, 0.2) is 0 Å². The SMILES string of the molecule is C.CC[C]#[Mo].CC[C]#[Mo].CC[C]#[Mo].C[N+](Cc1cc(Br)ccc1O)(Cc1cc(Br)ccc1O)Cc1cc(Br)ccc1O.C[N+](Cc1ccccc1O)(Cc1ccccc1O)Cc1ccccc1O.Cc1cc([N+](=O)[O-])cc(C[N+](C)(Cc2cc([N+](=O)[O-])cc(C)c2O)Cc2cc([N+](=O)[O-])cc(C)c2O)c1O.[I-].[I-].[I-]. The van der Waals surface area contributed by atoms with Crippen molar-refractivity contribution in [2.45, 2.75) is 127 Å². The molecule has 0 fully saturated rings. The Morgan fingerprint density at radius 2 is 0.514 bits per heavy atom. The molecule has 0 atom stereocenters. The molecule has 0 unspecified atom stereocenters. The first-order chi connectivity index (χ1) is 49.5. The summed E-state index contributed by atoms with van der Waals surface area (Å²) < 4.78 is 12.2. The van der Waals surface area contributed by atoms with Crippen LogP contribution in [0.1, 0.15) is 114 Å². The molecule has 109 heavy (non-hydrogen) atoms. The van der Waals surface area contributed by atoms with Gasteiger partial charge in [-0.3, -0.25) is 30.3 Å². The van der Waals surface area contributed by atoms with Crippen molar-refractivity contribution in [3.05, 3.63) is 274 Å². The van der Waals surface area contributed by atoms with Crippen LogP contribution in [0.25, 0.3) is 0 Å². The molecule has 0 amide bonds. The van der Waals surface area contributed by atoms with Gasteiger partial charge in [-0.25, -0.2) is 0 Å². The van der Waals surface area contributed by atoms with Crippen molar-refractivity contribution < 1.29 is 204 Å². The molecule has 587 valence electrons. The predicted octanol–water partition coefficient (Wildman–Crippen LogP) is 9.74. The maximum atomic E-state index is 11.5. The van der Waals surface area contributed by atoms with Crippen LogP contribution in [0.4, 0.5) is 17.1 Å². The van der Waals surface area contributed by atoms with E-state index in [4.69, 9.17) is 0 Å². The number of phenols is 9. The van der Waals surface area contributed by atoms with Crippen LogP contribution in [-0.4, -0.2) is 95.3 Å². The van der Waals surface area contributed by atoms with Crippen LogP contribution in [0, 0.1) is 63.7 Å². The van der Waals surface area contributed by atoms with Gasteiger partial charge in [0, 0.05) is 83.2 Å². The van der Waals surface area contributed by atoms with Gasteiger partial charge in [0.1, 0.15) is 111 Å². The van der Waals surface area contributed by atoms with Crippen LogP contribution >= 0.6 is 47.8 Å². The molecule has 0 aliphatic rings. The normalized spacial score (nSPS) is 10.3. The average Bonchev–Trinajstić information content (AvgIpc) is 0.775. The van der Waals surface area contributed by atoms with Gasteiger partial charge < -0.3 is 131 Å². The van der Waals surface area contributed by atoms with Gasteiger partial charge in [-0.1, -0.05) is 91.6 Å². The third-order valence-electron chi connectivity index (χ3n) is 16.2. The number of hydrogen-bond acceptors (Lipinski definition) is 15. The summed E-state index contributed by atoms with van der Waals surface area (Å²) in [6.45, 7) is 13.7. The zero-order valence-electron chi connectivity index (χ0n) is 60.7. The number of nitro groups is 3. The van der Waals surface area contributed by atoms with Crippen molar-refractivity contribution in [2.75, 3.05) is 21.1 Å². The Labute approximate surface area is 746 Å². The van der Waals surface area contributed by atoms with Crippen LogP contribution in [-0.2, 0) is 116 Å². The van der Waals surface area contributed by atoms with E-state index in [1.54, 1.807) is 79.8 Å². The van der Waals surface area contributed by atoms with Gasteiger partial charge in [-0.15, -0.1) is 0 Å². The quantitative estimate of drug-likeness (QED) is 0.0106. The smallest absolute Gasteiger partial charge is 0.270 e. The summed E-state index contributed by atoms with van der Waals surface area (Å²) in [5.74, 6) is 0.833. The number of aromatic hydroxyl groups is 9. The molecule has 30 heteroatoms. The molecule has 9 aromatic rings. The first kappa shape index (κ1) is 103. The number of nitro benzene ring substituents is 3. The van der Waals surface area contributed by atoms with E-state index in [1.165, 1.54) is 57.2 Å². The van der Waals surface area contributed by atoms with E-state index in [2.05, 4.69) is 88.2 Å². The molecule has 0 saturated heterocycles. The van der Waals surface area contributed by atoms with Crippen molar-refractivity contribution >= 4 is 64.9 Å². The van der Waals surface area contributed by atoms with E-state index in [0.29, 0.717) is 48.2 Å². The number of non-ortho nitro benzene ring substituents is 3. The van der Waals surface area contributed by atoms with E-state index in [0.717, 1.165) is 66.1 Å². The molecular weight excluding hydrogens is 2180 g/mol. The summed E-state index contributed by atoms with van der Waals surface area (Å²) in [5, 5.41) is 128. The second kappa shape index (κ2) is 50.4. The van der Waals surface area contributed by atoms with Crippen LogP contribution in [0.2, 0.25) is 0 Å². The number of quaternary nitrogens is 3. The fraction of sp³-hybridized carbons (Fsp3) is 0.278. The summed E-state index contributed by atoms with van der Waals surface area (Å²) in [5.41, 5.74) is 5.38. The molecule has 9 aromatic carbocycles. The van der Waals surface area contributed by atoms with Gasteiger partial charge >= 0.3 is 110 Å². The van der Waals surface area contributed by atoms with Crippen LogP contribution in [0.15, 0.2) is 177 Å². The molecule has 21 nitrogen and oxygen atoms in total. The minimum Gasteiger partial charge on any atom is -1.00 e. The Balaban J connectivity index is 0.00000148. The maximum Gasteiger partial charge on any atom is 0.270 e. The summed E-state index contributed by atoms with van der Waals surface area (Å²) in [6.07, 6.45) is 3.22. The van der Waals surface area contributed by atoms with E-state index >= 15 is 0 Å². The zero-order chi connectivity index (χ0) is 78.5. The molecule has 0 spiro atoms. The number of hydrogen-bond donors (Lipinski definition) is 9. The number of halogens is 6. The molecule has 0 heterocycles. The maximum absolute atomic E-state index is 11.5. The zero-order valence-corrected chi connectivity index (χ0v) is 78.0. The molecule has 9 N–H and O–H groups in total. The van der Waals surface area contributed by atoms with Gasteiger partial charge in [0.25, 0.3) is 17.1 Å². The van der Waals surface area contributed by atoms with Crippen molar-refractivity contribution in [2.24, 2.45) is 0 Å². The standard InChI is InChI=1S/C25H26N4O9.C22H20Br3NO3.C22H23NO3.3C3H5.CH4.3HI.3Mo/c1-14-5-20(26(33)34)8-17(23(14)30)11-29(4,12-18-9-21(27(35)36)6-15(2)24(18)31)13-19-10-22(28(37)38)7-16(3)25(19)32;1-26(11-14-8-17(23)2-5-20(14)27,12-15-9-18(24)3-6-21(15)28)13-16-10-19(25)4-7-22(16)29;1-23(14-17-8-2-5-11-20(17)24,15-18-9-3-6-12-21(18)25)16-19-10-4-7-13-22(19)26;3*1-3-2;;;;;;;/h5-10H,11-13H2,1-4H3,(H2-,30,31,32);2-10H,11-13H2,1H3,(H2-,27,28,29);2-13H,14-16H2,1H3,(H2-,24,25,26);3*3H2,1H3;1H4;3*1H;;;. The summed E-state index contributed by atoms with van der Waals surface area (Å²) in [7, 11) is 5.75. The van der Waals surface area contributed by atoms with E-state index < -0.39 is 14.8 Å². The van der Waals surface area contributed by atoms with E-state index in [9.17, 15) is 76.3 Å². The molecule has 0 radical (unpaired) electrons. The second-order valence-electron chi connectivity index (χ2n) is 25.6. The molecular formula is C79H91Br3I3Mo3N6O15. The minimum absolute atomic E-state index is 0. The molecule has 0 aliphatic heterocycles. The number of phenolic OH excluding ortho intramolecular Hbond substituents is 9. The second-order valence-corrected chi connectivity index (χ2v) is 30.4. The summed E-state index contributed by atoms with van der Waals surface area (Å²) >= 11 is 16.0. The number of para-hydroxylation sites is 3. The Morgan fingerprint density at radius 3 is 0.706 bits per heavy atom. The van der Waals surface area contributed by atoms with Crippen LogP contribution in [0.3, 0.4) is 0 Å². The Bertz CT molecular complexity index is 4210. The third-order valence-corrected chi connectivity index (χ3v) is 19.8. The topological polar surface area (TPSA) is 311 Å². The van der Waals surface area contributed by atoms with Gasteiger partial charge in [-0.05, 0) is 128 Å². The Morgan fingerprint density at radius 1 is 0.330 bits per heavy atom. The number of benzene rings is 9.